The van der Waals surface area contributed by atoms with E-state index in [1.165, 1.54) is 0 Å². The van der Waals surface area contributed by atoms with Gasteiger partial charge in [0.05, 0.1) is 9.79 Å². The molecule has 0 spiro atoms. The van der Waals surface area contributed by atoms with Gasteiger partial charge in [-0.3, -0.25) is 0 Å². The Balaban J connectivity index is 1.22. The first-order valence-electron chi connectivity index (χ1n) is 15.5. The summed E-state index contributed by atoms with van der Waals surface area (Å²) < 4.78 is 38.6. The molecule has 4 nitrogen and oxygen atoms in total. The predicted octanol–water partition coefficient (Wildman–Crippen LogP) is 10.9. The number of benzene rings is 5. The maximum absolute atomic E-state index is 13.2. The first-order valence-corrected chi connectivity index (χ1v) is 17.0. The van der Waals surface area contributed by atoms with Gasteiger partial charge in [0.25, 0.3) is 0 Å². The van der Waals surface area contributed by atoms with Crippen LogP contribution in [0.25, 0.3) is 22.3 Å². The van der Waals surface area contributed by atoms with Crippen LogP contribution in [0.3, 0.4) is 0 Å². The predicted molar refractivity (Wildman–Crippen MR) is 184 cm³/mol. The van der Waals surface area contributed by atoms with Crippen molar-refractivity contribution >= 4 is 9.84 Å². The second-order valence-corrected chi connectivity index (χ2v) is 14.6. The van der Waals surface area contributed by atoms with Gasteiger partial charge in [0, 0.05) is 0 Å². The van der Waals surface area contributed by atoms with Crippen LogP contribution in [0.15, 0.2) is 131 Å². The lowest BCUT2D eigenvalue weighted by Gasteiger charge is -2.24. The number of hydrogen-bond donors (Lipinski definition) is 0. The van der Waals surface area contributed by atoms with Crippen LogP contribution in [0.5, 0.6) is 17.2 Å². The minimum Gasteiger partial charge on any atom is -0.488 e. The van der Waals surface area contributed by atoms with Gasteiger partial charge in [0.15, 0.2) is 0 Å². The highest BCUT2D eigenvalue weighted by Gasteiger charge is 2.22. The van der Waals surface area contributed by atoms with Crippen LogP contribution in [0, 0.1) is 0 Å². The van der Waals surface area contributed by atoms with Gasteiger partial charge in [-0.15, -0.1) is 0 Å². The molecule has 0 aliphatic heterocycles. The fourth-order valence-electron chi connectivity index (χ4n) is 4.93. The van der Waals surface area contributed by atoms with Crippen LogP contribution < -0.4 is 9.47 Å². The summed E-state index contributed by atoms with van der Waals surface area (Å²) in [6.07, 6.45) is 1.91. The van der Waals surface area contributed by atoms with E-state index in [2.05, 4.69) is 77.9 Å². The van der Waals surface area contributed by atoms with Crippen molar-refractivity contribution in [2.45, 2.75) is 75.2 Å². The molecule has 0 atom stereocenters. The summed E-state index contributed by atoms with van der Waals surface area (Å²) in [7, 11) is -3.63. The molecule has 0 amide bonds. The quantitative estimate of drug-likeness (QED) is 0.148. The smallest absolute Gasteiger partial charge is 0.206 e. The zero-order chi connectivity index (χ0) is 32.2. The summed E-state index contributed by atoms with van der Waals surface area (Å²) in [5.41, 5.74) is 5.41. The van der Waals surface area contributed by atoms with Crippen molar-refractivity contribution in [3.8, 4) is 39.5 Å². The van der Waals surface area contributed by atoms with Gasteiger partial charge in [0.1, 0.15) is 22.8 Å². The molecule has 0 N–H and O–H groups in total. The molecule has 0 aliphatic carbocycles. The van der Waals surface area contributed by atoms with Crippen LogP contribution in [-0.2, 0) is 15.3 Å². The molecule has 5 aromatic carbocycles. The second-order valence-electron chi connectivity index (χ2n) is 12.7. The average molecular weight is 619 g/mol. The molecule has 45 heavy (non-hydrogen) atoms. The first kappa shape index (κ1) is 32.1. The average Bonchev–Trinajstić information content (AvgIpc) is 3.06. The molecule has 0 aromatic heterocycles. The van der Waals surface area contributed by atoms with Crippen molar-refractivity contribution in [2.24, 2.45) is 0 Å². The monoisotopic (exact) mass is 618 g/mol. The molecule has 232 valence electrons. The van der Waals surface area contributed by atoms with Gasteiger partial charge < -0.3 is 9.47 Å². The van der Waals surface area contributed by atoms with Crippen LogP contribution in [0.1, 0.15) is 59.9 Å². The Morgan fingerprint density at radius 1 is 0.489 bits per heavy atom. The van der Waals surface area contributed by atoms with E-state index in [1.54, 1.807) is 36.4 Å². The first-order chi connectivity index (χ1) is 21.4. The minimum absolute atomic E-state index is 0.000469. The summed E-state index contributed by atoms with van der Waals surface area (Å²) in [5, 5.41) is 0. The van der Waals surface area contributed by atoms with E-state index in [0.717, 1.165) is 46.4 Å². The third-order valence-corrected chi connectivity index (χ3v) is 10.5. The molecule has 0 radical (unpaired) electrons. The van der Waals surface area contributed by atoms with Gasteiger partial charge in [-0.05, 0) is 121 Å². The summed E-state index contributed by atoms with van der Waals surface area (Å²) in [6.45, 7) is 12.8. The molecule has 5 rings (SSSR count). The van der Waals surface area contributed by atoms with Crippen LogP contribution in [0.2, 0.25) is 0 Å². The molecule has 0 saturated carbocycles. The molecule has 0 unspecified atom stereocenters. The maximum atomic E-state index is 13.2. The lowest BCUT2D eigenvalue weighted by molar-refractivity contribution is 0.105. The summed E-state index contributed by atoms with van der Waals surface area (Å²) in [6, 6.07) is 38.4. The highest BCUT2D eigenvalue weighted by atomic mass is 32.2. The SMILES string of the molecule is CCC(C)(C)Oc1ccc(-c2ccc(-c3ccc(Oc4ccc(S(=O)(=O)c5ccc(C(C)(C)CC)cc5)cc4)cc3)cc2)cc1. The summed E-state index contributed by atoms with van der Waals surface area (Å²) in [5.74, 6) is 2.12. The minimum atomic E-state index is -3.63. The summed E-state index contributed by atoms with van der Waals surface area (Å²) >= 11 is 0. The zero-order valence-electron chi connectivity index (χ0n) is 27.0. The number of rotatable bonds is 11. The lowest BCUT2D eigenvalue weighted by atomic mass is 9.82. The van der Waals surface area contributed by atoms with Gasteiger partial charge >= 0.3 is 0 Å². The van der Waals surface area contributed by atoms with Crippen molar-refractivity contribution in [3.63, 3.8) is 0 Å². The molecule has 0 heterocycles. The van der Waals surface area contributed by atoms with E-state index >= 15 is 0 Å². The van der Waals surface area contributed by atoms with Gasteiger partial charge in [-0.25, -0.2) is 8.42 Å². The van der Waals surface area contributed by atoms with Crippen molar-refractivity contribution < 1.29 is 17.9 Å². The highest BCUT2D eigenvalue weighted by molar-refractivity contribution is 7.91. The van der Waals surface area contributed by atoms with E-state index in [1.807, 2.05) is 48.5 Å². The molecule has 0 saturated heterocycles. The van der Waals surface area contributed by atoms with Crippen LogP contribution in [0.4, 0.5) is 0 Å². The van der Waals surface area contributed by atoms with E-state index in [4.69, 9.17) is 9.47 Å². The Hall–Kier alpha value is -4.35. The number of ether oxygens (including phenoxy) is 2. The third-order valence-electron chi connectivity index (χ3n) is 8.71. The zero-order valence-corrected chi connectivity index (χ0v) is 27.8. The Morgan fingerprint density at radius 3 is 1.24 bits per heavy atom. The topological polar surface area (TPSA) is 52.6 Å². The van der Waals surface area contributed by atoms with Gasteiger partial charge in [0.2, 0.25) is 9.84 Å². The van der Waals surface area contributed by atoms with E-state index in [0.29, 0.717) is 11.5 Å². The molecular formula is C40H42O4S. The Labute approximate surface area is 268 Å². The Morgan fingerprint density at radius 2 is 0.844 bits per heavy atom. The Kier molecular flexibility index (Phi) is 9.22. The number of sulfone groups is 1. The van der Waals surface area contributed by atoms with Crippen molar-refractivity contribution in [2.75, 3.05) is 0 Å². The Bertz CT molecular complexity index is 1820. The number of hydrogen-bond acceptors (Lipinski definition) is 4. The normalized spacial score (nSPS) is 12.1. The standard InChI is InChI=1S/C40H42O4S/c1-7-39(3,4)33-17-25-37(26-18-33)45(41,42)38-27-23-35(24-28-38)43-34-19-13-31(14-20-34)29-9-11-30(12-10-29)32-15-21-36(22-16-32)44-40(5,6)8-2/h9-28H,7-8H2,1-6H3. The maximum Gasteiger partial charge on any atom is 0.206 e. The van der Waals surface area contributed by atoms with Gasteiger partial charge in [-0.2, -0.15) is 0 Å². The fraction of sp³-hybridized carbons (Fsp3) is 0.250. The highest BCUT2D eigenvalue weighted by Crippen LogP contribution is 2.32. The molecule has 0 bridgehead atoms. The molecule has 0 aliphatic rings. The van der Waals surface area contributed by atoms with Crippen molar-refractivity contribution in [3.05, 3.63) is 127 Å². The van der Waals surface area contributed by atoms with E-state index < -0.39 is 9.84 Å². The molecule has 5 aromatic rings. The van der Waals surface area contributed by atoms with E-state index in [9.17, 15) is 8.42 Å². The fourth-order valence-corrected chi connectivity index (χ4v) is 6.19. The van der Waals surface area contributed by atoms with Crippen molar-refractivity contribution in [1.82, 2.24) is 0 Å². The van der Waals surface area contributed by atoms with Crippen LogP contribution >= 0.6 is 0 Å². The third kappa shape index (κ3) is 7.49. The molecular weight excluding hydrogens is 577 g/mol. The molecule has 0 fully saturated rings. The van der Waals surface area contributed by atoms with Gasteiger partial charge in [-0.1, -0.05) is 88.4 Å². The second kappa shape index (κ2) is 12.9. The largest absolute Gasteiger partial charge is 0.488 e. The van der Waals surface area contributed by atoms with E-state index in [-0.39, 0.29) is 20.8 Å². The lowest BCUT2D eigenvalue weighted by Crippen LogP contribution is -2.26. The van der Waals surface area contributed by atoms with Crippen LogP contribution in [-0.4, -0.2) is 14.0 Å². The molecule has 5 heteroatoms. The van der Waals surface area contributed by atoms with Crippen molar-refractivity contribution in [1.29, 1.82) is 0 Å². The summed E-state index contributed by atoms with van der Waals surface area (Å²) in [4.78, 5) is 0.523.